The number of nitrogens with zero attached hydrogens (tertiary/aromatic N) is 5. The molecule has 0 radical (unpaired) electrons. The van der Waals surface area contributed by atoms with Crippen molar-refractivity contribution >= 4 is 21.9 Å². The summed E-state index contributed by atoms with van der Waals surface area (Å²) in [6.07, 6.45) is 7.37. The molecular formula is C23H19N5O2. The number of hydrogen-bond donors (Lipinski definition) is 1. The third-order valence-electron chi connectivity index (χ3n) is 5.17. The van der Waals surface area contributed by atoms with Crippen molar-refractivity contribution in [2.24, 2.45) is 7.05 Å². The van der Waals surface area contributed by atoms with Gasteiger partial charge in [0.05, 0.1) is 5.52 Å². The van der Waals surface area contributed by atoms with E-state index in [-0.39, 0.29) is 6.61 Å². The molecule has 0 aliphatic rings. The second kappa shape index (κ2) is 7.53. The summed E-state index contributed by atoms with van der Waals surface area (Å²) in [6, 6.07) is 13.8. The zero-order valence-electron chi connectivity index (χ0n) is 16.3. The Morgan fingerprint density at radius 3 is 2.70 bits per heavy atom. The number of fused-ring (bicyclic) bond motifs is 3. The molecule has 4 aromatic heterocycles. The predicted octanol–water partition coefficient (Wildman–Crippen LogP) is 3.69. The molecule has 0 aliphatic carbocycles. The molecule has 7 heteroatoms. The molecule has 0 spiro atoms. The van der Waals surface area contributed by atoms with Gasteiger partial charge in [-0.05, 0) is 24.3 Å². The third kappa shape index (κ3) is 3.15. The van der Waals surface area contributed by atoms with Crippen LogP contribution in [0.15, 0.2) is 73.6 Å². The maximum atomic E-state index is 10.8. The molecule has 4 heterocycles. The van der Waals surface area contributed by atoms with E-state index in [1.807, 2.05) is 37.4 Å². The fourth-order valence-electron chi connectivity index (χ4n) is 3.65. The highest BCUT2D eigenvalue weighted by molar-refractivity contribution is 6.06. The number of aliphatic hydroxyl groups excluding tert-OH is 1. The molecule has 5 rings (SSSR count). The number of aryl methyl sites for hydroxylation is 1. The molecule has 1 atom stereocenters. The minimum atomic E-state index is -0.845. The van der Waals surface area contributed by atoms with Gasteiger partial charge in [0.2, 0.25) is 5.88 Å². The van der Waals surface area contributed by atoms with Crippen molar-refractivity contribution in [2.45, 2.75) is 6.10 Å². The summed E-state index contributed by atoms with van der Waals surface area (Å²) in [4.78, 5) is 17.0. The maximum Gasteiger partial charge on any atom is 0.221 e. The van der Waals surface area contributed by atoms with Crippen molar-refractivity contribution in [1.82, 2.24) is 24.5 Å². The average Bonchev–Trinajstić information content (AvgIpc) is 3.10. The predicted molar refractivity (Wildman–Crippen MR) is 114 cm³/mol. The number of aliphatic hydroxyl groups is 1. The van der Waals surface area contributed by atoms with E-state index in [0.29, 0.717) is 11.4 Å². The van der Waals surface area contributed by atoms with Gasteiger partial charge in [-0.1, -0.05) is 18.2 Å². The highest BCUT2D eigenvalue weighted by atomic mass is 16.5. The Kier molecular flexibility index (Phi) is 4.57. The fourth-order valence-corrected chi connectivity index (χ4v) is 3.65. The lowest BCUT2D eigenvalue weighted by Crippen LogP contribution is -2.11. The Bertz CT molecular complexity index is 1330. The van der Waals surface area contributed by atoms with Crippen LogP contribution in [0.3, 0.4) is 0 Å². The second-order valence-corrected chi connectivity index (χ2v) is 7.03. The minimum absolute atomic E-state index is 0.0512. The van der Waals surface area contributed by atoms with Gasteiger partial charge in [-0.2, -0.15) is 0 Å². The van der Waals surface area contributed by atoms with Crippen LogP contribution in [0.1, 0.15) is 11.7 Å². The van der Waals surface area contributed by atoms with Crippen LogP contribution >= 0.6 is 0 Å². The molecular weight excluding hydrogens is 378 g/mol. The topological polar surface area (TPSA) is 86.0 Å². The van der Waals surface area contributed by atoms with Gasteiger partial charge in [0.15, 0.2) is 0 Å². The molecule has 0 saturated heterocycles. The van der Waals surface area contributed by atoms with Crippen molar-refractivity contribution in [3.8, 4) is 17.0 Å². The number of hydrogen-bond acceptors (Lipinski definition) is 6. The largest absolute Gasteiger partial charge is 0.474 e. The Morgan fingerprint density at radius 2 is 1.83 bits per heavy atom. The highest BCUT2D eigenvalue weighted by Gasteiger charge is 2.16. The lowest BCUT2D eigenvalue weighted by Gasteiger charge is -2.14. The normalized spacial score (nSPS) is 12.3. The van der Waals surface area contributed by atoms with Gasteiger partial charge in [0.1, 0.15) is 24.7 Å². The SMILES string of the molecule is Cn1c2ccccc2c2cc(C(O)COc3ncccc3-c3cncnc3)cnc21. The first-order valence-corrected chi connectivity index (χ1v) is 9.56. The van der Waals surface area contributed by atoms with Gasteiger partial charge in [0.25, 0.3) is 0 Å². The zero-order chi connectivity index (χ0) is 20.5. The molecule has 0 amide bonds. The molecule has 0 saturated carbocycles. The first kappa shape index (κ1) is 18.2. The van der Waals surface area contributed by atoms with Crippen molar-refractivity contribution in [1.29, 1.82) is 0 Å². The van der Waals surface area contributed by atoms with E-state index < -0.39 is 6.10 Å². The monoisotopic (exact) mass is 397 g/mol. The van der Waals surface area contributed by atoms with Crippen LogP contribution < -0.4 is 4.74 Å². The van der Waals surface area contributed by atoms with E-state index >= 15 is 0 Å². The number of pyridine rings is 2. The summed E-state index contributed by atoms with van der Waals surface area (Å²) in [6.45, 7) is 0.0512. The van der Waals surface area contributed by atoms with Gasteiger partial charge < -0.3 is 14.4 Å². The number of benzene rings is 1. The Morgan fingerprint density at radius 1 is 1.00 bits per heavy atom. The molecule has 148 valence electrons. The van der Waals surface area contributed by atoms with Crippen molar-refractivity contribution in [3.05, 3.63) is 79.1 Å². The molecule has 30 heavy (non-hydrogen) atoms. The first-order chi connectivity index (χ1) is 14.7. The fraction of sp³-hybridized carbons (Fsp3) is 0.130. The Labute approximate surface area is 172 Å². The molecule has 5 aromatic rings. The number of rotatable bonds is 5. The van der Waals surface area contributed by atoms with Crippen LogP contribution in [-0.2, 0) is 7.05 Å². The Hall–Kier alpha value is -3.84. The van der Waals surface area contributed by atoms with Gasteiger partial charge in [0, 0.05) is 59.3 Å². The highest BCUT2D eigenvalue weighted by Crippen LogP contribution is 2.30. The lowest BCUT2D eigenvalue weighted by atomic mass is 10.1. The summed E-state index contributed by atoms with van der Waals surface area (Å²) in [5.74, 6) is 0.422. The van der Waals surface area contributed by atoms with Gasteiger partial charge >= 0.3 is 0 Å². The van der Waals surface area contributed by atoms with Crippen LogP contribution in [0, 0.1) is 0 Å². The molecule has 0 fully saturated rings. The summed E-state index contributed by atoms with van der Waals surface area (Å²) in [5, 5.41) is 12.9. The maximum absolute atomic E-state index is 10.8. The van der Waals surface area contributed by atoms with E-state index in [2.05, 4.69) is 36.6 Å². The lowest BCUT2D eigenvalue weighted by molar-refractivity contribution is 0.106. The quantitative estimate of drug-likeness (QED) is 0.487. The molecule has 1 N–H and O–H groups in total. The summed E-state index contributed by atoms with van der Waals surface area (Å²) in [5.41, 5.74) is 4.25. The van der Waals surface area contributed by atoms with E-state index in [0.717, 1.165) is 33.1 Å². The molecule has 0 bridgehead atoms. The van der Waals surface area contributed by atoms with Gasteiger partial charge in [-0.25, -0.2) is 19.9 Å². The zero-order valence-corrected chi connectivity index (χ0v) is 16.3. The van der Waals surface area contributed by atoms with E-state index in [1.54, 1.807) is 24.8 Å². The Balaban J connectivity index is 1.42. The first-order valence-electron chi connectivity index (χ1n) is 9.56. The second-order valence-electron chi connectivity index (χ2n) is 7.03. The van der Waals surface area contributed by atoms with Crippen LogP contribution in [-0.4, -0.2) is 36.2 Å². The summed E-state index contributed by atoms with van der Waals surface area (Å²) >= 11 is 0. The van der Waals surface area contributed by atoms with Crippen LogP contribution in [0.4, 0.5) is 0 Å². The molecule has 0 aliphatic heterocycles. The van der Waals surface area contributed by atoms with Gasteiger partial charge in [-0.3, -0.25) is 0 Å². The van der Waals surface area contributed by atoms with Gasteiger partial charge in [-0.15, -0.1) is 0 Å². The summed E-state index contributed by atoms with van der Waals surface area (Å²) in [7, 11) is 1.99. The molecule has 1 aromatic carbocycles. The van der Waals surface area contributed by atoms with Crippen LogP contribution in [0.5, 0.6) is 5.88 Å². The number of para-hydroxylation sites is 1. The molecule has 7 nitrogen and oxygen atoms in total. The number of aromatic nitrogens is 5. The molecule has 1 unspecified atom stereocenters. The van der Waals surface area contributed by atoms with Crippen molar-refractivity contribution in [3.63, 3.8) is 0 Å². The summed E-state index contributed by atoms with van der Waals surface area (Å²) < 4.78 is 7.92. The van der Waals surface area contributed by atoms with Crippen molar-refractivity contribution < 1.29 is 9.84 Å². The number of ether oxygens (including phenoxy) is 1. The minimum Gasteiger partial charge on any atom is -0.474 e. The average molecular weight is 397 g/mol. The van der Waals surface area contributed by atoms with Crippen molar-refractivity contribution in [2.75, 3.05) is 6.61 Å². The van der Waals surface area contributed by atoms with Crippen LogP contribution in [0.25, 0.3) is 33.1 Å². The van der Waals surface area contributed by atoms with E-state index in [9.17, 15) is 5.11 Å². The van der Waals surface area contributed by atoms with Crippen LogP contribution in [0.2, 0.25) is 0 Å². The smallest absolute Gasteiger partial charge is 0.221 e. The standard InChI is InChI=1S/C23H19N5O2/c1-28-20-7-3-2-5-18(20)19-9-15(12-27-22(19)28)21(29)13-30-23-17(6-4-8-26-23)16-10-24-14-25-11-16/h2-12,14,21,29H,13H2,1H3. The van der Waals surface area contributed by atoms with E-state index in [4.69, 9.17) is 4.74 Å². The van der Waals surface area contributed by atoms with E-state index in [1.165, 1.54) is 6.33 Å². The third-order valence-corrected chi connectivity index (χ3v) is 5.17.